The molecule has 5 nitrogen and oxygen atoms in total. The van der Waals surface area contributed by atoms with Gasteiger partial charge in [0.25, 0.3) is 5.89 Å². The minimum Gasteiger partial charge on any atom is -0.478 e. The summed E-state index contributed by atoms with van der Waals surface area (Å²) in [7, 11) is 0. The molecule has 1 heterocycles. The number of aromatic nitrogens is 2. The highest BCUT2D eigenvalue weighted by Crippen LogP contribution is 1.97. The van der Waals surface area contributed by atoms with Gasteiger partial charge in [0.2, 0.25) is 0 Å². The Morgan fingerprint density at radius 1 is 1.73 bits per heavy atom. The van der Waals surface area contributed by atoms with E-state index in [0.717, 1.165) is 6.08 Å². The maximum absolute atomic E-state index is 10.0. The first kappa shape index (κ1) is 7.46. The molecule has 0 aromatic carbocycles. The highest BCUT2D eigenvalue weighted by atomic mass is 16.5. The quantitative estimate of drug-likeness (QED) is 0.627. The van der Waals surface area contributed by atoms with Crippen molar-refractivity contribution in [3.05, 3.63) is 17.8 Å². The summed E-state index contributed by atoms with van der Waals surface area (Å²) in [6, 6.07) is 0. The molecule has 1 aromatic rings. The van der Waals surface area contributed by atoms with Gasteiger partial charge in [-0.25, -0.2) is 4.79 Å². The van der Waals surface area contributed by atoms with Crippen LogP contribution in [0.3, 0.4) is 0 Å². The lowest BCUT2D eigenvalue weighted by Gasteiger charge is -1.76. The second-order valence-electron chi connectivity index (χ2n) is 1.85. The van der Waals surface area contributed by atoms with Crippen molar-refractivity contribution in [3.63, 3.8) is 0 Å². The minimum absolute atomic E-state index is 0.199. The molecule has 0 saturated heterocycles. The van der Waals surface area contributed by atoms with Gasteiger partial charge in [-0.05, 0) is 6.92 Å². The number of hydrogen-bond acceptors (Lipinski definition) is 4. The van der Waals surface area contributed by atoms with Crippen molar-refractivity contribution >= 4 is 12.0 Å². The molecular formula is C6H6N2O3. The molecule has 58 valence electrons. The van der Waals surface area contributed by atoms with Gasteiger partial charge in [-0.2, -0.15) is 4.98 Å². The summed E-state index contributed by atoms with van der Waals surface area (Å²) in [4.78, 5) is 13.8. The van der Waals surface area contributed by atoms with Crippen LogP contribution in [0.25, 0.3) is 6.08 Å². The monoisotopic (exact) mass is 154 g/mol. The van der Waals surface area contributed by atoms with E-state index >= 15 is 0 Å². The zero-order chi connectivity index (χ0) is 8.27. The van der Waals surface area contributed by atoms with Crippen LogP contribution in [0.5, 0.6) is 0 Å². The number of rotatable bonds is 2. The smallest absolute Gasteiger partial charge is 0.328 e. The molecular weight excluding hydrogens is 148 g/mol. The van der Waals surface area contributed by atoms with Crippen LogP contribution in [0.15, 0.2) is 10.6 Å². The highest BCUT2D eigenvalue weighted by molar-refractivity contribution is 5.84. The molecule has 0 bridgehead atoms. The van der Waals surface area contributed by atoms with Crippen LogP contribution in [0.2, 0.25) is 0 Å². The molecule has 0 saturated carbocycles. The van der Waals surface area contributed by atoms with Crippen molar-refractivity contribution < 1.29 is 14.4 Å². The molecule has 0 radical (unpaired) electrons. The van der Waals surface area contributed by atoms with Gasteiger partial charge >= 0.3 is 5.97 Å². The molecule has 1 N–H and O–H groups in total. The molecule has 0 atom stereocenters. The average molecular weight is 154 g/mol. The summed E-state index contributed by atoms with van der Waals surface area (Å²) in [5.74, 6) is -0.360. The molecule has 0 aliphatic rings. The van der Waals surface area contributed by atoms with Crippen LogP contribution in [0, 0.1) is 6.92 Å². The van der Waals surface area contributed by atoms with Gasteiger partial charge in [0.05, 0.1) is 0 Å². The van der Waals surface area contributed by atoms with Crippen molar-refractivity contribution in [1.29, 1.82) is 0 Å². The van der Waals surface area contributed by atoms with Gasteiger partial charge in [0.15, 0.2) is 5.82 Å². The Hall–Kier alpha value is -1.65. The zero-order valence-electron chi connectivity index (χ0n) is 5.81. The average Bonchev–Trinajstić information content (AvgIpc) is 2.31. The van der Waals surface area contributed by atoms with Crippen molar-refractivity contribution in [3.8, 4) is 0 Å². The Morgan fingerprint density at radius 3 is 2.91 bits per heavy atom. The molecule has 0 aliphatic heterocycles. The number of carboxylic acids is 1. The molecule has 0 fully saturated rings. The fourth-order valence-electron chi connectivity index (χ4n) is 0.523. The molecule has 1 rings (SSSR count). The number of aliphatic carboxylic acids is 1. The summed E-state index contributed by atoms with van der Waals surface area (Å²) >= 11 is 0. The van der Waals surface area contributed by atoms with Crippen LogP contribution in [-0.4, -0.2) is 21.2 Å². The standard InChI is InChI=1S/C6H6N2O3/c1-4-7-5(11-8-4)2-3-6(9)10/h2-3H,1H3,(H,9,10)/b3-2+. The van der Waals surface area contributed by atoms with E-state index in [2.05, 4.69) is 14.7 Å². The highest BCUT2D eigenvalue weighted by Gasteiger charge is 1.96. The number of carboxylic acid groups (broad SMARTS) is 1. The van der Waals surface area contributed by atoms with Crippen molar-refractivity contribution in [2.45, 2.75) is 6.92 Å². The van der Waals surface area contributed by atoms with Gasteiger partial charge in [-0.3, -0.25) is 0 Å². The third-order valence-corrected chi connectivity index (χ3v) is 0.912. The zero-order valence-corrected chi connectivity index (χ0v) is 5.81. The maximum Gasteiger partial charge on any atom is 0.328 e. The van der Waals surface area contributed by atoms with Gasteiger partial charge in [-0.1, -0.05) is 5.16 Å². The second kappa shape index (κ2) is 2.96. The number of hydrogen-bond donors (Lipinski definition) is 1. The SMILES string of the molecule is Cc1noc(/C=C/C(=O)O)n1. The molecule has 0 unspecified atom stereocenters. The lowest BCUT2D eigenvalue weighted by atomic mass is 10.5. The van der Waals surface area contributed by atoms with E-state index in [1.807, 2.05) is 0 Å². The van der Waals surface area contributed by atoms with Gasteiger partial charge in [0.1, 0.15) is 0 Å². The minimum atomic E-state index is -1.04. The van der Waals surface area contributed by atoms with E-state index in [1.165, 1.54) is 6.08 Å². The normalized spacial score (nSPS) is 10.6. The maximum atomic E-state index is 10.0. The summed E-state index contributed by atoms with van der Waals surface area (Å²) in [6.45, 7) is 1.65. The van der Waals surface area contributed by atoms with Gasteiger partial charge in [-0.15, -0.1) is 0 Å². The lowest BCUT2D eigenvalue weighted by Crippen LogP contribution is -1.85. The molecule has 0 spiro atoms. The fraction of sp³-hybridized carbons (Fsp3) is 0.167. The van der Waals surface area contributed by atoms with Crippen LogP contribution >= 0.6 is 0 Å². The van der Waals surface area contributed by atoms with Gasteiger partial charge < -0.3 is 9.63 Å². The van der Waals surface area contributed by atoms with Crippen LogP contribution in [0.4, 0.5) is 0 Å². The molecule has 11 heavy (non-hydrogen) atoms. The predicted molar refractivity (Wildman–Crippen MR) is 35.7 cm³/mol. The molecule has 1 aromatic heterocycles. The van der Waals surface area contributed by atoms with E-state index in [9.17, 15) is 4.79 Å². The Kier molecular flexibility index (Phi) is 2.00. The van der Waals surface area contributed by atoms with E-state index < -0.39 is 5.97 Å². The topological polar surface area (TPSA) is 76.2 Å². The second-order valence-corrected chi connectivity index (χ2v) is 1.85. The van der Waals surface area contributed by atoms with Crippen molar-refractivity contribution in [2.24, 2.45) is 0 Å². The van der Waals surface area contributed by atoms with Crippen LogP contribution in [-0.2, 0) is 4.79 Å². The summed E-state index contributed by atoms with van der Waals surface area (Å²) in [5, 5.41) is 11.7. The first-order chi connectivity index (χ1) is 5.18. The Morgan fingerprint density at radius 2 is 2.45 bits per heavy atom. The Balaban J connectivity index is 2.71. The largest absolute Gasteiger partial charge is 0.478 e. The first-order valence-corrected chi connectivity index (χ1v) is 2.90. The summed E-state index contributed by atoms with van der Waals surface area (Å²) < 4.78 is 4.60. The van der Waals surface area contributed by atoms with Crippen molar-refractivity contribution in [1.82, 2.24) is 10.1 Å². The van der Waals surface area contributed by atoms with Gasteiger partial charge in [0, 0.05) is 12.2 Å². The lowest BCUT2D eigenvalue weighted by molar-refractivity contribution is -0.131. The third kappa shape index (κ3) is 2.21. The summed E-state index contributed by atoms with van der Waals surface area (Å²) in [5.41, 5.74) is 0. The fourth-order valence-corrected chi connectivity index (χ4v) is 0.523. The molecule has 0 amide bonds. The Labute approximate surface area is 62.3 Å². The summed E-state index contributed by atoms with van der Waals surface area (Å²) in [6.07, 6.45) is 2.18. The third-order valence-electron chi connectivity index (χ3n) is 0.912. The van der Waals surface area contributed by atoms with E-state index in [4.69, 9.17) is 5.11 Å². The molecule has 0 aliphatic carbocycles. The van der Waals surface area contributed by atoms with E-state index in [1.54, 1.807) is 6.92 Å². The number of nitrogens with zero attached hydrogens (tertiary/aromatic N) is 2. The number of aryl methyl sites for hydroxylation is 1. The van der Waals surface area contributed by atoms with Crippen molar-refractivity contribution in [2.75, 3.05) is 0 Å². The van der Waals surface area contributed by atoms with Crippen LogP contribution in [0.1, 0.15) is 11.7 Å². The van der Waals surface area contributed by atoms with Crippen LogP contribution < -0.4 is 0 Å². The number of carbonyl (C=O) groups is 1. The molecule has 5 heteroatoms. The predicted octanol–water partition coefficient (Wildman–Crippen LogP) is 0.476. The van der Waals surface area contributed by atoms with E-state index in [0.29, 0.717) is 5.82 Å². The van der Waals surface area contributed by atoms with E-state index in [-0.39, 0.29) is 5.89 Å². The first-order valence-electron chi connectivity index (χ1n) is 2.90. The Bertz CT molecular complexity index is 290.